The van der Waals surface area contributed by atoms with Gasteiger partial charge < -0.3 is 16.0 Å². The van der Waals surface area contributed by atoms with Gasteiger partial charge in [-0.05, 0) is 37.8 Å². The molecule has 6 heteroatoms. The number of anilines is 1. The quantitative estimate of drug-likeness (QED) is 0.836. The molecule has 21 heavy (non-hydrogen) atoms. The van der Waals surface area contributed by atoms with Crippen LogP contribution in [0, 0.1) is 0 Å². The van der Waals surface area contributed by atoms with E-state index in [0.29, 0.717) is 35.3 Å². The molecule has 2 amide bonds. The van der Waals surface area contributed by atoms with Crippen LogP contribution >= 0.6 is 11.6 Å². The number of carbonyl (C=O) groups is 2. The summed E-state index contributed by atoms with van der Waals surface area (Å²) in [6.45, 7) is 0.562. The smallest absolute Gasteiger partial charge is 0.258 e. The fourth-order valence-corrected chi connectivity index (χ4v) is 2.98. The molecule has 1 aliphatic carbocycles. The van der Waals surface area contributed by atoms with Gasteiger partial charge in [0.05, 0.1) is 10.6 Å². The van der Waals surface area contributed by atoms with Crippen molar-refractivity contribution in [3.8, 4) is 0 Å². The largest absolute Gasteiger partial charge is 0.398 e. The van der Waals surface area contributed by atoms with Crippen LogP contribution in [0.3, 0.4) is 0 Å². The Balaban J connectivity index is 1.80. The van der Waals surface area contributed by atoms with Crippen LogP contribution in [0.5, 0.6) is 0 Å². The molecule has 1 saturated carbocycles. The molecule has 1 unspecified atom stereocenters. The maximum atomic E-state index is 12.7. The number of halogens is 1. The molecule has 112 valence electrons. The number of nitrogens with zero attached hydrogens (tertiary/aromatic N) is 1. The van der Waals surface area contributed by atoms with Gasteiger partial charge in [0.1, 0.15) is 6.04 Å². The van der Waals surface area contributed by atoms with Gasteiger partial charge in [0.15, 0.2) is 0 Å². The summed E-state index contributed by atoms with van der Waals surface area (Å²) >= 11 is 6.10. The number of nitrogens with one attached hydrogen (secondary N) is 1. The van der Waals surface area contributed by atoms with Crippen molar-refractivity contribution < 1.29 is 9.59 Å². The van der Waals surface area contributed by atoms with Gasteiger partial charge in [-0.2, -0.15) is 0 Å². The van der Waals surface area contributed by atoms with Crippen molar-refractivity contribution >= 4 is 29.1 Å². The van der Waals surface area contributed by atoms with E-state index in [1.54, 1.807) is 23.1 Å². The molecule has 1 aromatic rings. The summed E-state index contributed by atoms with van der Waals surface area (Å²) in [5, 5.41) is 3.29. The van der Waals surface area contributed by atoms with Crippen LogP contribution in [-0.4, -0.2) is 35.3 Å². The zero-order chi connectivity index (χ0) is 15.0. The highest BCUT2D eigenvalue weighted by Gasteiger charge is 2.37. The van der Waals surface area contributed by atoms with E-state index in [1.165, 1.54) is 0 Å². The second-order valence-corrected chi connectivity index (χ2v) is 6.05. The zero-order valence-electron chi connectivity index (χ0n) is 11.6. The average molecular weight is 308 g/mol. The van der Waals surface area contributed by atoms with E-state index in [1.807, 2.05) is 0 Å². The SMILES string of the molecule is Nc1cccc(Cl)c1C(=O)N1CCCC1C(=O)NC1CC1. The average Bonchev–Trinajstić information content (AvgIpc) is 3.11. The summed E-state index contributed by atoms with van der Waals surface area (Å²) in [5.74, 6) is -0.319. The number of hydrogen-bond acceptors (Lipinski definition) is 3. The molecule has 1 saturated heterocycles. The van der Waals surface area contributed by atoms with Crippen LogP contribution in [0.1, 0.15) is 36.0 Å². The number of amides is 2. The maximum absolute atomic E-state index is 12.7. The summed E-state index contributed by atoms with van der Waals surface area (Å²) in [5.41, 5.74) is 6.51. The third-order valence-corrected chi connectivity index (χ3v) is 4.31. The number of rotatable bonds is 3. The highest BCUT2D eigenvalue weighted by Crippen LogP contribution is 2.28. The Hall–Kier alpha value is -1.75. The van der Waals surface area contributed by atoms with Crippen LogP contribution in [0.2, 0.25) is 5.02 Å². The third kappa shape index (κ3) is 2.83. The molecule has 0 bridgehead atoms. The Kier molecular flexibility index (Phi) is 3.76. The third-order valence-electron chi connectivity index (χ3n) is 4.00. The summed E-state index contributed by atoms with van der Waals surface area (Å²) in [7, 11) is 0. The van der Waals surface area contributed by atoms with E-state index in [-0.39, 0.29) is 11.8 Å². The fraction of sp³-hybridized carbons (Fsp3) is 0.467. The van der Waals surface area contributed by atoms with Crippen LogP contribution in [0.15, 0.2) is 18.2 Å². The molecule has 1 atom stereocenters. The zero-order valence-corrected chi connectivity index (χ0v) is 12.4. The molecule has 0 aromatic heterocycles. The lowest BCUT2D eigenvalue weighted by Gasteiger charge is -2.25. The summed E-state index contributed by atoms with van der Waals surface area (Å²) < 4.78 is 0. The van der Waals surface area contributed by atoms with Crippen LogP contribution in [0.25, 0.3) is 0 Å². The summed E-state index contributed by atoms with van der Waals surface area (Å²) in [6.07, 6.45) is 3.57. The van der Waals surface area contributed by atoms with Crippen molar-refractivity contribution in [1.82, 2.24) is 10.2 Å². The topological polar surface area (TPSA) is 75.4 Å². The van der Waals surface area contributed by atoms with Gasteiger partial charge in [-0.15, -0.1) is 0 Å². The number of hydrogen-bond donors (Lipinski definition) is 2. The van der Waals surface area contributed by atoms with Crippen molar-refractivity contribution in [3.05, 3.63) is 28.8 Å². The van der Waals surface area contributed by atoms with Crippen molar-refractivity contribution in [2.45, 2.75) is 37.8 Å². The second kappa shape index (κ2) is 5.56. The molecular weight excluding hydrogens is 290 g/mol. The predicted molar refractivity (Wildman–Crippen MR) is 81.1 cm³/mol. The summed E-state index contributed by atoms with van der Waals surface area (Å²) in [4.78, 5) is 26.5. The minimum atomic E-state index is -0.409. The van der Waals surface area contributed by atoms with Gasteiger partial charge in [-0.3, -0.25) is 9.59 Å². The normalized spacial score (nSPS) is 21.4. The minimum Gasteiger partial charge on any atom is -0.398 e. The number of carbonyl (C=O) groups excluding carboxylic acids is 2. The lowest BCUT2D eigenvalue weighted by Crippen LogP contribution is -2.46. The van der Waals surface area contributed by atoms with Gasteiger partial charge in [-0.25, -0.2) is 0 Å². The Morgan fingerprint density at radius 3 is 2.71 bits per heavy atom. The molecular formula is C15H18ClN3O2. The number of benzene rings is 1. The maximum Gasteiger partial charge on any atom is 0.258 e. The van der Waals surface area contributed by atoms with E-state index in [4.69, 9.17) is 17.3 Å². The van der Waals surface area contributed by atoms with E-state index in [0.717, 1.165) is 19.3 Å². The predicted octanol–water partition coefficient (Wildman–Crippen LogP) is 1.81. The molecule has 3 N–H and O–H groups in total. The van der Waals surface area contributed by atoms with Gasteiger partial charge in [0.2, 0.25) is 5.91 Å². The van der Waals surface area contributed by atoms with E-state index in [9.17, 15) is 9.59 Å². The first-order valence-electron chi connectivity index (χ1n) is 7.23. The first-order valence-corrected chi connectivity index (χ1v) is 7.61. The lowest BCUT2D eigenvalue weighted by atomic mass is 10.1. The number of nitrogens with two attached hydrogens (primary N) is 1. The number of nitrogen functional groups attached to an aromatic ring is 1. The molecule has 2 aliphatic rings. The molecule has 1 heterocycles. The van der Waals surface area contributed by atoms with Crippen molar-refractivity contribution in [1.29, 1.82) is 0 Å². The molecule has 0 radical (unpaired) electrons. The van der Waals surface area contributed by atoms with Gasteiger partial charge in [0.25, 0.3) is 5.91 Å². The van der Waals surface area contributed by atoms with Gasteiger partial charge >= 0.3 is 0 Å². The molecule has 3 rings (SSSR count). The highest BCUT2D eigenvalue weighted by molar-refractivity contribution is 6.34. The Morgan fingerprint density at radius 1 is 1.29 bits per heavy atom. The van der Waals surface area contributed by atoms with Crippen LogP contribution < -0.4 is 11.1 Å². The van der Waals surface area contributed by atoms with Gasteiger partial charge in [-0.1, -0.05) is 17.7 Å². The first kappa shape index (κ1) is 14.2. The lowest BCUT2D eigenvalue weighted by molar-refractivity contribution is -0.125. The summed E-state index contributed by atoms with van der Waals surface area (Å²) in [6, 6.07) is 4.87. The molecule has 2 fully saturated rings. The van der Waals surface area contributed by atoms with Gasteiger partial charge in [0, 0.05) is 18.3 Å². The second-order valence-electron chi connectivity index (χ2n) is 5.64. The van der Waals surface area contributed by atoms with Crippen molar-refractivity contribution in [3.63, 3.8) is 0 Å². The van der Waals surface area contributed by atoms with Crippen LogP contribution in [-0.2, 0) is 4.79 Å². The molecule has 1 aromatic carbocycles. The fourth-order valence-electron chi connectivity index (χ4n) is 2.72. The highest BCUT2D eigenvalue weighted by atomic mass is 35.5. The molecule has 5 nitrogen and oxygen atoms in total. The number of likely N-dealkylation sites (tertiary alicyclic amines) is 1. The molecule has 1 aliphatic heterocycles. The van der Waals surface area contributed by atoms with E-state index < -0.39 is 6.04 Å². The minimum absolute atomic E-state index is 0.0611. The van der Waals surface area contributed by atoms with E-state index in [2.05, 4.69) is 5.32 Å². The van der Waals surface area contributed by atoms with Crippen molar-refractivity contribution in [2.24, 2.45) is 0 Å². The van der Waals surface area contributed by atoms with Crippen molar-refractivity contribution in [2.75, 3.05) is 12.3 Å². The monoisotopic (exact) mass is 307 g/mol. The van der Waals surface area contributed by atoms with Crippen LogP contribution in [0.4, 0.5) is 5.69 Å². The Labute approximate surface area is 128 Å². The Morgan fingerprint density at radius 2 is 2.05 bits per heavy atom. The molecule has 0 spiro atoms. The first-order chi connectivity index (χ1) is 10.1. The Bertz CT molecular complexity index is 566. The van der Waals surface area contributed by atoms with E-state index >= 15 is 0 Å². The standard InChI is InChI=1S/C15H18ClN3O2/c16-10-3-1-4-11(17)13(10)15(21)19-8-2-5-12(19)14(20)18-9-6-7-9/h1,3-4,9,12H,2,5-8,17H2,(H,18,20).